The first-order chi connectivity index (χ1) is 14.8. The number of hydrogen-bond donors (Lipinski definition) is 2. The molecule has 0 fully saturated rings. The smallest absolute Gasteiger partial charge is 0.279 e. The van der Waals surface area contributed by atoms with Gasteiger partial charge >= 0.3 is 0 Å². The molecule has 0 aliphatic carbocycles. The standard InChI is InChI=1S/C26H34N4O/c1-7-21-10-12-22(13-11-21)25(17(2)3)27-16-24(31)28-26-19(5)29-30(20(26)6)23-14-8-18(4)9-15-23/h8-15,17,25,27H,7,16H2,1-6H3,(H,28,31)/p+1/t25-/m1/s1. The molecule has 1 amide bonds. The normalized spacial score (nSPS) is 12.2. The molecule has 0 spiro atoms. The monoisotopic (exact) mass is 419 g/mol. The van der Waals surface area contributed by atoms with Crippen molar-refractivity contribution >= 4 is 11.6 Å². The number of benzene rings is 2. The van der Waals surface area contributed by atoms with Gasteiger partial charge < -0.3 is 10.6 Å². The van der Waals surface area contributed by atoms with E-state index in [0.717, 1.165) is 29.2 Å². The van der Waals surface area contributed by atoms with E-state index in [9.17, 15) is 4.79 Å². The molecule has 3 rings (SSSR count). The van der Waals surface area contributed by atoms with Crippen LogP contribution in [-0.2, 0) is 11.2 Å². The molecule has 0 aliphatic rings. The third kappa shape index (κ3) is 5.42. The Morgan fingerprint density at radius 2 is 1.68 bits per heavy atom. The van der Waals surface area contributed by atoms with E-state index >= 15 is 0 Å². The molecule has 0 saturated heterocycles. The van der Waals surface area contributed by atoms with Crippen LogP contribution >= 0.6 is 0 Å². The Balaban J connectivity index is 1.69. The van der Waals surface area contributed by atoms with Gasteiger partial charge in [-0.25, -0.2) is 4.68 Å². The van der Waals surface area contributed by atoms with Crippen LogP contribution in [0.25, 0.3) is 5.69 Å². The van der Waals surface area contributed by atoms with Crippen LogP contribution in [0.15, 0.2) is 48.5 Å². The van der Waals surface area contributed by atoms with Gasteiger partial charge in [-0.3, -0.25) is 4.79 Å². The molecule has 3 aromatic rings. The molecule has 1 atom stereocenters. The lowest BCUT2D eigenvalue weighted by atomic mass is 9.95. The number of nitrogens with one attached hydrogen (secondary N) is 1. The second-order valence-corrected chi connectivity index (χ2v) is 8.65. The Morgan fingerprint density at radius 3 is 2.26 bits per heavy atom. The molecule has 2 aromatic carbocycles. The minimum Gasteiger partial charge on any atom is -0.332 e. The van der Waals surface area contributed by atoms with Crippen LogP contribution in [-0.4, -0.2) is 22.2 Å². The van der Waals surface area contributed by atoms with Crippen molar-refractivity contribution in [2.24, 2.45) is 5.92 Å². The predicted octanol–water partition coefficient (Wildman–Crippen LogP) is 4.26. The maximum absolute atomic E-state index is 12.8. The first kappa shape index (κ1) is 22.8. The van der Waals surface area contributed by atoms with Crippen molar-refractivity contribution in [3.8, 4) is 5.69 Å². The molecule has 0 saturated carbocycles. The van der Waals surface area contributed by atoms with E-state index in [2.05, 4.69) is 79.8 Å². The molecule has 0 unspecified atom stereocenters. The summed E-state index contributed by atoms with van der Waals surface area (Å²) in [6.45, 7) is 12.9. The minimum absolute atomic E-state index is 0.00881. The number of aryl methyl sites for hydroxylation is 3. The first-order valence-electron chi connectivity index (χ1n) is 11.2. The SMILES string of the molecule is CCc1ccc([C@H]([NH2+]CC(=O)Nc2c(C)nn(-c3ccc(C)cc3)c2C)C(C)C)cc1. The van der Waals surface area contributed by atoms with Crippen LogP contribution < -0.4 is 10.6 Å². The number of hydrogen-bond acceptors (Lipinski definition) is 2. The average molecular weight is 420 g/mol. The van der Waals surface area contributed by atoms with Gasteiger partial charge in [-0.2, -0.15) is 5.10 Å². The van der Waals surface area contributed by atoms with E-state index in [-0.39, 0.29) is 11.9 Å². The van der Waals surface area contributed by atoms with Crippen LogP contribution in [0, 0.1) is 26.7 Å². The molecule has 0 bridgehead atoms. The minimum atomic E-state index is -0.00881. The largest absolute Gasteiger partial charge is 0.332 e. The van der Waals surface area contributed by atoms with E-state index in [1.165, 1.54) is 16.7 Å². The quantitative estimate of drug-likeness (QED) is 0.573. The van der Waals surface area contributed by atoms with Gasteiger partial charge in [0, 0.05) is 11.5 Å². The number of nitrogens with two attached hydrogens (primary N) is 1. The average Bonchev–Trinajstić information content (AvgIpc) is 3.03. The topological polar surface area (TPSA) is 63.5 Å². The fourth-order valence-corrected chi connectivity index (χ4v) is 3.95. The molecule has 164 valence electrons. The van der Waals surface area contributed by atoms with E-state index < -0.39 is 0 Å². The Morgan fingerprint density at radius 1 is 1.03 bits per heavy atom. The highest BCUT2D eigenvalue weighted by molar-refractivity contribution is 5.92. The summed E-state index contributed by atoms with van der Waals surface area (Å²) in [5.74, 6) is 0.415. The third-order valence-corrected chi connectivity index (χ3v) is 5.88. The summed E-state index contributed by atoms with van der Waals surface area (Å²) >= 11 is 0. The van der Waals surface area contributed by atoms with Gasteiger partial charge in [0.25, 0.3) is 5.91 Å². The van der Waals surface area contributed by atoms with Crippen molar-refractivity contribution in [1.82, 2.24) is 9.78 Å². The third-order valence-electron chi connectivity index (χ3n) is 5.88. The first-order valence-corrected chi connectivity index (χ1v) is 11.2. The second-order valence-electron chi connectivity index (χ2n) is 8.65. The van der Waals surface area contributed by atoms with Gasteiger partial charge in [0.2, 0.25) is 0 Å². The molecule has 3 N–H and O–H groups in total. The molecule has 5 heteroatoms. The fourth-order valence-electron chi connectivity index (χ4n) is 3.95. The second kappa shape index (κ2) is 9.92. The van der Waals surface area contributed by atoms with Crippen molar-refractivity contribution in [3.05, 3.63) is 76.6 Å². The number of rotatable bonds is 8. The summed E-state index contributed by atoms with van der Waals surface area (Å²) in [6, 6.07) is 17.2. The van der Waals surface area contributed by atoms with E-state index in [1.54, 1.807) is 0 Å². The molecule has 0 aliphatic heterocycles. The van der Waals surface area contributed by atoms with Crippen LogP contribution in [0.3, 0.4) is 0 Å². The molecule has 5 nitrogen and oxygen atoms in total. The maximum atomic E-state index is 12.8. The number of amides is 1. The summed E-state index contributed by atoms with van der Waals surface area (Å²) in [5.41, 5.74) is 7.35. The predicted molar refractivity (Wildman–Crippen MR) is 127 cm³/mol. The summed E-state index contributed by atoms with van der Waals surface area (Å²) in [4.78, 5) is 12.8. The highest BCUT2D eigenvalue weighted by atomic mass is 16.1. The molecule has 1 heterocycles. The Labute approximate surface area is 185 Å². The van der Waals surface area contributed by atoms with E-state index in [4.69, 9.17) is 0 Å². The van der Waals surface area contributed by atoms with Crippen molar-refractivity contribution in [3.63, 3.8) is 0 Å². The number of aromatic nitrogens is 2. The number of nitrogens with zero attached hydrogens (tertiary/aromatic N) is 2. The number of anilines is 1. The highest BCUT2D eigenvalue weighted by Gasteiger charge is 2.22. The van der Waals surface area contributed by atoms with Crippen LogP contribution in [0.2, 0.25) is 0 Å². The molecule has 1 aromatic heterocycles. The van der Waals surface area contributed by atoms with Crippen molar-refractivity contribution < 1.29 is 10.1 Å². The highest BCUT2D eigenvalue weighted by Crippen LogP contribution is 2.23. The van der Waals surface area contributed by atoms with E-state index in [1.807, 2.05) is 30.7 Å². The van der Waals surface area contributed by atoms with Crippen LogP contribution in [0.1, 0.15) is 54.9 Å². The van der Waals surface area contributed by atoms with Gasteiger partial charge in [0.05, 0.1) is 22.8 Å². The Bertz CT molecular complexity index is 1020. The van der Waals surface area contributed by atoms with Gasteiger partial charge in [0.1, 0.15) is 6.04 Å². The van der Waals surface area contributed by atoms with Gasteiger partial charge in [-0.1, -0.05) is 62.7 Å². The summed E-state index contributed by atoms with van der Waals surface area (Å²) in [6.07, 6.45) is 1.04. The summed E-state index contributed by atoms with van der Waals surface area (Å²) < 4.78 is 1.89. The van der Waals surface area contributed by atoms with Crippen LogP contribution in [0.4, 0.5) is 5.69 Å². The van der Waals surface area contributed by atoms with Gasteiger partial charge in [-0.15, -0.1) is 0 Å². The Hall–Kier alpha value is -2.92. The maximum Gasteiger partial charge on any atom is 0.279 e. The van der Waals surface area contributed by atoms with E-state index in [0.29, 0.717) is 12.5 Å². The van der Waals surface area contributed by atoms with Crippen molar-refractivity contribution in [2.75, 3.05) is 11.9 Å². The van der Waals surface area contributed by atoms with Gasteiger partial charge in [-0.05, 0) is 44.9 Å². The van der Waals surface area contributed by atoms with Crippen molar-refractivity contribution in [1.29, 1.82) is 0 Å². The number of quaternary nitrogens is 1. The fraction of sp³-hybridized carbons (Fsp3) is 0.385. The molecule has 31 heavy (non-hydrogen) atoms. The number of carbonyl (C=O) groups excluding carboxylic acids is 1. The number of carbonyl (C=O) groups is 1. The van der Waals surface area contributed by atoms with Gasteiger partial charge in [0.15, 0.2) is 6.54 Å². The molecule has 0 radical (unpaired) electrons. The Kier molecular flexibility index (Phi) is 7.29. The van der Waals surface area contributed by atoms with Crippen molar-refractivity contribution in [2.45, 2.75) is 54.0 Å². The lowest BCUT2D eigenvalue weighted by Crippen LogP contribution is -2.88. The lowest BCUT2D eigenvalue weighted by Gasteiger charge is -2.20. The summed E-state index contributed by atoms with van der Waals surface area (Å²) in [5, 5.41) is 9.87. The zero-order valence-corrected chi connectivity index (χ0v) is 19.6. The molecular weight excluding hydrogens is 384 g/mol. The summed E-state index contributed by atoms with van der Waals surface area (Å²) in [7, 11) is 0. The van der Waals surface area contributed by atoms with Crippen LogP contribution in [0.5, 0.6) is 0 Å². The molecular formula is C26H35N4O+. The zero-order valence-electron chi connectivity index (χ0n) is 19.6. The lowest BCUT2D eigenvalue weighted by molar-refractivity contribution is -0.692. The zero-order chi connectivity index (χ0) is 22.5.